The van der Waals surface area contributed by atoms with E-state index in [9.17, 15) is 18.0 Å². The predicted octanol–water partition coefficient (Wildman–Crippen LogP) is 0.0329. The van der Waals surface area contributed by atoms with Crippen LogP contribution in [0, 0.1) is 0 Å². The van der Waals surface area contributed by atoms with Gasteiger partial charge in [0.2, 0.25) is 0 Å². The summed E-state index contributed by atoms with van der Waals surface area (Å²) in [6.45, 7) is 0. The van der Waals surface area contributed by atoms with Crippen molar-refractivity contribution in [2.75, 3.05) is 0 Å². The Morgan fingerprint density at radius 3 is 2.21 bits per heavy atom. The molecule has 7 nitrogen and oxygen atoms in total. The minimum atomic E-state index is -4.47. The smallest absolute Gasteiger partial charge is 0.282 e. The van der Waals surface area contributed by atoms with Gasteiger partial charge in [0.15, 0.2) is 0 Å². The van der Waals surface area contributed by atoms with Crippen LogP contribution in [0.4, 0.5) is 0 Å². The van der Waals surface area contributed by atoms with Crippen LogP contribution in [0.3, 0.4) is 0 Å². The van der Waals surface area contributed by atoms with Gasteiger partial charge < -0.3 is 0 Å². The second-order valence-corrected chi connectivity index (χ2v) is 5.40. The van der Waals surface area contributed by atoms with E-state index < -0.39 is 26.3 Å². The van der Waals surface area contributed by atoms with Crippen molar-refractivity contribution in [3.8, 4) is 0 Å². The van der Waals surface area contributed by atoms with Gasteiger partial charge in [0.05, 0.1) is 15.8 Å². The predicted molar refractivity (Wildman–Crippen MR) is 70.5 cm³/mol. The number of benzene rings is 1. The molecule has 1 aromatic heterocycles. The van der Waals surface area contributed by atoms with Gasteiger partial charge in [-0.3, -0.25) is 9.35 Å². The Balaban J connectivity index is 0.00000180. The standard InChI is InChI=1S/C8H4Cl2N2O5S.Na/c9-11-6-2-1-4(18(15,16)17)3-5(6)7(13)12(10)8(11)14;/h1-3H,(H,15,16,17);. The van der Waals surface area contributed by atoms with Crippen LogP contribution in [0.5, 0.6) is 0 Å². The van der Waals surface area contributed by atoms with Crippen LogP contribution in [0.1, 0.15) is 0 Å². The fourth-order valence-electron chi connectivity index (χ4n) is 1.39. The first kappa shape index (κ1) is 16.7. The third kappa shape index (κ3) is 2.89. The van der Waals surface area contributed by atoms with E-state index in [1.54, 1.807) is 0 Å². The van der Waals surface area contributed by atoms with Crippen molar-refractivity contribution in [2.45, 2.75) is 4.90 Å². The van der Waals surface area contributed by atoms with Crippen molar-refractivity contribution in [1.82, 2.24) is 8.17 Å². The Kier molecular flexibility index (Phi) is 4.89. The molecule has 0 bridgehead atoms. The topological polar surface area (TPSA) is 98.4 Å². The average molecular weight is 334 g/mol. The minimum Gasteiger partial charge on any atom is -0.282 e. The van der Waals surface area contributed by atoms with Crippen LogP contribution in [-0.2, 0) is 10.1 Å². The summed E-state index contributed by atoms with van der Waals surface area (Å²) in [4.78, 5) is 22.5. The molecule has 1 heterocycles. The molecule has 0 saturated heterocycles. The molecule has 0 spiro atoms. The van der Waals surface area contributed by atoms with Gasteiger partial charge in [0.1, 0.15) is 0 Å². The maximum Gasteiger partial charge on any atom is 0.361 e. The van der Waals surface area contributed by atoms with Crippen LogP contribution in [0.25, 0.3) is 10.9 Å². The van der Waals surface area contributed by atoms with Gasteiger partial charge >= 0.3 is 5.69 Å². The molecule has 0 aliphatic carbocycles. The Morgan fingerprint density at radius 1 is 1.11 bits per heavy atom. The number of nitrogens with zero attached hydrogens (tertiary/aromatic N) is 2. The molecule has 0 amide bonds. The summed E-state index contributed by atoms with van der Waals surface area (Å²) >= 11 is 11.0. The van der Waals surface area contributed by atoms with Gasteiger partial charge in [0, 0.05) is 53.1 Å². The Labute approximate surface area is 138 Å². The molecule has 11 heteroatoms. The summed E-state index contributed by atoms with van der Waals surface area (Å²) in [6.07, 6.45) is 0. The number of hydrogen-bond donors (Lipinski definition) is 1. The van der Waals surface area contributed by atoms with Crippen LogP contribution in [-0.4, -0.2) is 50.7 Å². The number of fused-ring (bicyclic) bond motifs is 1. The Hall–Kier alpha value is -0.350. The Bertz CT molecular complexity index is 873. The van der Waals surface area contributed by atoms with Gasteiger partial charge in [-0.2, -0.15) is 12.5 Å². The Morgan fingerprint density at radius 2 is 1.68 bits per heavy atom. The zero-order chi connectivity index (χ0) is 13.7. The fraction of sp³-hybridized carbons (Fsp3) is 0. The van der Waals surface area contributed by atoms with Gasteiger partial charge in [-0.1, -0.05) is 0 Å². The van der Waals surface area contributed by atoms with Gasteiger partial charge in [-0.15, -0.1) is 0 Å². The molecular formula is C8H4Cl2N2NaO5S. The zero-order valence-electron chi connectivity index (χ0n) is 9.37. The van der Waals surface area contributed by atoms with E-state index in [0.717, 1.165) is 18.2 Å². The number of hydrogen-bond acceptors (Lipinski definition) is 4. The monoisotopic (exact) mass is 333 g/mol. The van der Waals surface area contributed by atoms with E-state index in [2.05, 4.69) is 0 Å². The summed E-state index contributed by atoms with van der Waals surface area (Å²) in [5.41, 5.74) is -1.93. The van der Waals surface area contributed by atoms with E-state index in [0.29, 0.717) is 4.09 Å². The molecule has 1 N–H and O–H groups in total. The molecule has 0 aliphatic heterocycles. The molecule has 0 aliphatic rings. The van der Waals surface area contributed by atoms with Crippen LogP contribution >= 0.6 is 23.6 Å². The van der Waals surface area contributed by atoms with Crippen molar-refractivity contribution in [3.05, 3.63) is 39.0 Å². The third-order valence-corrected chi connectivity index (χ3v) is 3.70. The van der Waals surface area contributed by atoms with Crippen molar-refractivity contribution < 1.29 is 13.0 Å². The van der Waals surface area contributed by atoms with Crippen LogP contribution in [0.15, 0.2) is 32.7 Å². The maximum absolute atomic E-state index is 11.7. The molecular weight excluding hydrogens is 330 g/mol. The number of aromatic nitrogens is 2. The van der Waals surface area contributed by atoms with Gasteiger partial charge in [0.25, 0.3) is 15.7 Å². The second-order valence-electron chi connectivity index (χ2n) is 3.30. The van der Waals surface area contributed by atoms with Crippen molar-refractivity contribution in [1.29, 1.82) is 0 Å². The molecule has 2 rings (SSSR count). The second kappa shape index (κ2) is 5.57. The molecule has 0 unspecified atom stereocenters. The molecule has 0 saturated carbocycles. The first-order chi connectivity index (χ1) is 8.23. The van der Waals surface area contributed by atoms with Crippen molar-refractivity contribution in [2.24, 2.45) is 0 Å². The van der Waals surface area contributed by atoms with E-state index >= 15 is 0 Å². The quantitative estimate of drug-likeness (QED) is 0.586. The van der Waals surface area contributed by atoms with Gasteiger partial charge in [-0.25, -0.2) is 8.88 Å². The van der Waals surface area contributed by atoms with E-state index in [1.165, 1.54) is 0 Å². The first-order valence-corrected chi connectivity index (χ1v) is 6.46. The van der Waals surface area contributed by atoms with Crippen molar-refractivity contribution >= 4 is 74.1 Å². The number of rotatable bonds is 1. The van der Waals surface area contributed by atoms with E-state index in [1.807, 2.05) is 0 Å². The van der Waals surface area contributed by atoms with E-state index in [4.69, 9.17) is 28.1 Å². The molecule has 2 aromatic rings. The molecule has 97 valence electrons. The summed E-state index contributed by atoms with van der Waals surface area (Å²) in [7, 11) is -4.47. The van der Waals surface area contributed by atoms with Crippen LogP contribution < -0.4 is 11.2 Å². The summed E-state index contributed by atoms with van der Waals surface area (Å²) in [5, 5.41) is -0.213. The minimum absolute atomic E-state index is 0. The van der Waals surface area contributed by atoms with Crippen molar-refractivity contribution in [3.63, 3.8) is 0 Å². The average Bonchev–Trinajstić information content (AvgIpc) is 2.32. The normalized spacial score (nSPS) is 11.3. The molecule has 19 heavy (non-hydrogen) atoms. The van der Waals surface area contributed by atoms with Gasteiger partial charge in [-0.05, 0) is 18.2 Å². The zero-order valence-corrected chi connectivity index (χ0v) is 13.7. The first-order valence-electron chi connectivity index (χ1n) is 4.35. The summed E-state index contributed by atoms with van der Waals surface area (Å²) < 4.78 is 31.5. The fourth-order valence-corrected chi connectivity index (χ4v) is 2.33. The molecule has 0 fully saturated rings. The molecule has 0 atom stereocenters. The summed E-state index contributed by atoms with van der Waals surface area (Å²) in [5.74, 6) is 0. The molecule has 1 aromatic carbocycles. The van der Waals surface area contributed by atoms with E-state index in [-0.39, 0.29) is 44.5 Å². The number of halogens is 2. The SMILES string of the molecule is O=c1c2cc(S(=O)(=O)O)ccc2n(Cl)c(=O)n1Cl.[Na]. The largest absolute Gasteiger partial charge is 0.361 e. The molecule has 1 radical (unpaired) electrons. The summed E-state index contributed by atoms with van der Waals surface area (Å²) in [6, 6.07) is 3.00. The maximum atomic E-state index is 11.7. The third-order valence-electron chi connectivity index (χ3n) is 2.22. The van der Waals surface area contributed by atoms with Crippen LogP contribution in [0.2, 0.25) is 0 Å².